The van der Waals surface area contributed by atoms with Crippen molar-refractivity contribution in [3.05, 3.63) is 28.2 Å². The highest BCUT2D eigenvalue weighted by Crippen LogP contribution is 2.26. The van der Waals surface area contributed by atoms with E-state index < -0.39 is 0 Å². The highest BCUT2D eigenvalue weighted by molar-refractivity contribution is 9.10. The Bertz CT molecular complexity index is 395. The van der Waals surface area contributed by atoms with Crippen LogP contribution in [-0.4, -0.2) is 30.6 Å². The lowest BCUT2D eigenvalue weighted by Gasteiger charge is -2.32. The Morgan fingerprint density at radius 2 is 2.31 bits per heavy atom. The zero-order valence-corrected chi connectivity index (χ0v) is 10.5. The summed E-state index contributed by atoms with van der Waals surface area (Å²) in [6.07, 6.45) is 2.40. The number of β-amino-alcohol motifs (C(OH)–C–C–N with tert-alkyl or cyclic N) is 1. The van der Waals surface area contributed by atoms with Gasteiger partial charge in [-0.05, 0) is 31.0 Å². The number of carbonyl (C=O) groups is 1. The molecule has 1 unspecified atom stereocenters. The molecule has 1 aliphatic heterocycles. The lowest BCUT2D eigenvalue weighted by Crippen LogP contribution is -2.38. The van der Waals surface area contributed by atoms with Crippen LogP contribution in [0, 0.1) is 0 Å². The third-order valence-corrected chi connectivity index (χ3v) is 3.35. The average molecular weight is 284 g/mol. The SMILES string of the molecule is O=Cc1cc(Br)ccc1N1CCCC(O)C1. The Hall–Kier alpha value is -0.870. The molecule has 0 amide bonds. The smallest absolute Gasteiger partial charge is 0.152 e. The molecule has 86 valence electrons. The first-order valence-corrected chi connectivity index (χ1v) is 6.18. The van der Waals surface area contributed by atoms with Crippen LogP contribution in [0.3, 0.4) is 0 Å². The van der Waals surface area contributed by atoms with Gasteiger partial charge in [0.25, 0.3) is 0 Å². The third-order valence-electron chi connectivity index (χ3n) is 2.85. The number of piperidine rings is 1. The van der Waals surface area contributed by atoms with Crippen LogP contribution in [-0.2, 0) is 0 Å². The van der Waals surface area contributed by atoms with Gasteiger partial charge in [-0.3, -0.25) is 4.79 Å². The summed E-state index contributed by atoms with van der Waals surface area (Å²) in [6, 6.07) is 5.65. The Kier molecular flexibility index (Phi) is 3.61. The van der Waals surface area contributed by atoms with Crippen LogP contribution in [0.5, 0.6) is 0 Å². The molecule has 16 heavy (non-hydrogen) atoms. The molecule has 3 nitrogen and oxygen atoms in total. The van der Waals surface area contributed by atoms with Crippen molar-refractivity contribution in [2.45, 2.75) is 18.9 Å². The lowest BCUT2D eigenvalue weighted by atomic mass is 10.1. The number of carbonyl (C=O) groups excluding carboxylic acids is 1. The quantitative estimate of drug-likeness (QED) is 0.847. The average Bonchev–Trinajstić information content (AvgIpc) is 2.28. The third kappa shape index (κ3) is 2.44. The van der Waals surface area contributed by atoms with Crippen LogP contribution in [0.4, 0.5) is 5.69 Å². The summed E-state index contributed by atoms with van der Waals surface area (Å²) >= 11 is 3.35. The molecule has 1 fully saturated rings. The number of rotatable bonds is 2. The zero-order valence-electron chi connectivity index (χ0n) is 8.90. The maximum atomic E-state index is 11.0. The maximum Gasteiger partial charge on any atom is 0.152 e. The summed E-state index contributed by atoms with van der Waals surface area (Å²) < 4.78 is 0.899. The summed E-state index contributed by atoms with van der Waals surface area (Å²) in [6.45, 7) is 1.52. The molecule has 1 atom stereocenters. The second-order valence-corrected chi connectivity index (χ2v) is 4.98. The van der Waals surface area contributed by atoms with E-state index in [4.69, 9.17) is 0 Å². The van der Waals surface area contributed by atoms with Gasteiger partial charge in [-0.15, -0.1) is 0 Å². The van der Waals surface area contributed by atoms with E-state index in [1.165, 1.54) is 0 Å². The van der Waals surface area contributed by atoms with Crippen molar-refractivity contribution in [1.82, 2.24) is 0 Å². The van der Waals surface area contributed by atoms with Gasteiger partial charge >= 0.3 is 0 Å². The predicted molar refractivity (Wildman–Crippen MR) is 67.0 cm³/mol. The van der Waals surface area contributed by atoms with Gasteiger partial charge in [0, 0.05) is 28.8 Å². The van der Waals surface area contributed by atoms with Gasteiger partial charge in [0.1, 0.15) is 0 Å². The fraction of sp³-hybridized carbons (Fsp3) is 0.417. The number of hydrogen-bond donors (Lipinski definition) is 1. The number of aliphatic hydroxyl groups excluding tert-OH is 1. The summed E-state index contributed by atoms with van der Waals surface area (Å²) in [7, 11) is 0. The summed E-state index contributed by atoms with van der Waals surface area (Å²) in [5.41, 5.74) is 1.58. The topological polar surface area (TPSA) is 40.5 Å². The largest absolute Gasteiger partial charge is 0.391 e. The Morgan fingerprint density at radius 1 is 1.50 bits per heavy atom. The van der Waals surface area contributed by atoms with Crippen molar-refractivity contribution >= 4 is 27.9 Å². The van der Waals surface area contributed by atoms with Crippen molar-refractivity contribution < 1.29 is 9.90 Å². The molecule has 0 spiro atoms. The minimum Gasteiger partial charge on any atom is -0.391 e. The van der Waals surface area contributed by atoms with Gasteiger partial charge < -0.3 is 10.0 Å². The zero-order chi connectivity index (χ0) is 11.5. The van der Waals surface area contributed by atoms with Gasteiger partial charge in [0.2, 0.25) is 0 Å². The number of benzene rings is 1. The molecule has 1 N–H and O–H groups in total. The van der Waals surface area contributed by atoms with Crippen molar-refractivity contribution in [1.29, 1.82) is 0 Å². The molecular weight excluding hydrogens is 270 g/mol. The van der Waals surface area contributed by atoms with Crippen LogP contribution in [0.2, 0.25) is 0 Å². The molecule has 0 bridgehead atoms. The van der Waals surface area contributed by atoms with Crippen LogP contribution < -0.4 is 4.90 Å². The summed E-state index contributed by atoms with van der Waals surface area (Å²) in [5.74, 6) is 0. The van der Waals surface area contributed by atoms with E-state index in [1.807, 2.05) is 18.2 Å². The second-order valence-electron chi connectivity index (χ2n) is 4.06. The number of aliphatic hydroxyl groups is 1. The van der Waals surface area contributed by atoms with E-state index in [9.17, 15) is 9.90 Å². The number of hydrogen-bond acceptors (Lipinski definition) is 3. The van der Waals surface area contributed by atoms with Gasteiger partial charge in [-0.1, -0.05) is 15.9 Å². The number of anilines is 1. The molecular formula is C12H14BrNO2. The lowest BCUT2D eigenvalue weighted by molar-refractivity contribution is 0.112. The number of nitrogens with zero attached hydrogens (tertiary/aromatic N) is 1. The van der Waals surface area contributed by atoms with Gasteiger partial charge in [-0.2, -0.15) is 0 Å². The van der Waals surface area contributed by atoms with Crippen molar-refractivity contribution in [3.8, 4) is 0 Å². The highest BCUT2D eigenvalue weighted by atomic mass is 79.9. The highest BCUT2D eigenvalue weighted by Gasteiger charge is 2.19. The van der Waals surface area contributed by atoms with Crippen molar-refractivity contribution in [3.63, 3.8) is 0 Å². The van der Waals surface area contributed by atoms with E-state index in [-0.39, 0.29) is 6.10 Å². The van der Waals surface area contributed by atoms with E-state index >= 15 is 0 Å². The molecule has 1 aromatic carbocycles. The molecule has 4 heteroatoms. The predicted octanol–water partition coefficient (Wildman–Crippen LogP) is 2.22. The molecule has 0 saturated carbocycles. The van der Waals surface area contributed by atoms with Crippen LogP contribution >= 0.6 is 15.9 Å². The van der Waals surface area contributed by atoms with E-state index in [0.717, 1.165) is 35.8 Å². The van der Waals surface area contributed by atoms with E-state index in [1.54, 1.807) is 0 Å². The van der Waals surface area contributed by atoms with Gasteiger partial charge in [0.15, 0.2) is 6.29 Å². The summed E-state index contributed by atoms with van der Waals surface area (Å²) in [5, 5.41) is 9.62. The van der Waals surface area contributed by atoms with Crippen LogP contribution in [0.15, 0.2) is 22.7 Å². The first kappa shape index (κ1) is 11.6. The molecule has 1 aromatic rings. The van der Waals surface area contributed by atoms with Crippen molar-refractivity contribution in [2.24, 2.45) is 0 Å². The standard InChI is InChI=1S/C12H14BrNO2/c13-10-3-4-12(9(6-10)8-15)14-5-1-2-11(16)7-14/h3-4,6,8,11,16H,1-2,5,7H2. The molecule has 0 radical (unpaired) electrons. The Morgan fingerprint density at radius 3 is 3.00 bits per heavy atom. The fourth-order valence-corrected chi connectivity index (χ4v) is 2.46. The van der Waals surface area contributed by atoms with Gasteiger partial charge in [0.05, 0.1) is 6.10 Å². The first-order chi connectivity index (χ1) is 7.70. The fourth-order valence-electron chi connectivity index (χ4n) is 2.08. The van der Waals surface area contributed by atoms with E-state index in [2.05, 4.69) is 20.8 Å². The minimum absolute atomic E-state index is 0.281. The molecule has 1 heterocycles. The first-order valence-electron chi connectivity index (χ1n) is 5.38. The Labute approximate surface area is 103 Å². The molecule has 0 aromatic heterocycles. The van der Waals surface area contributed by atoms with Crippen LogP contribution in [0.1, 0.15) is 23.2 Å². The molecule has 2 rings (SSSR count). The maximum absolute atomic E-state index is 11.0. The number of aldehydes is 1. The van der Waals surface area contributed by atoms with E-state index in [0.29, 0.717) is 12.1 Å². The monoisotopic (exact) mass is 283 g/mol. The van der Waals surface area contributed by atoms with Gasteiger partial charge in [-0.25, -0.2) is 0 Å². The molecule has 1 saturated heterocycles. The normalized spacial score (nSPS) is 20.9. The Balaban J connectivity index is 2.28. The second kappa shape index (κ2) is 4.97. The molecule has 1 aliphatic rings. The molecule has 0 aliphatic carbocycles. The number of halogens is 1. The summed E-state index contributed by atoms with van der Waals surface area (Å²) in [4.78, 5) is 13.1. The van der Waals surface area contributed by atoms with Crippen LogP contribution in [0.25, 0.3) is 0 Å². The van der Waals surface area contributed by atoms with Crippen molar-refractivity contribution in [2.75, 3.05) is 18.0 Å². The minimum atomic E-state index is -0.281.